The maximum absolute atomic E-state index is 13.3. The summed E-state index contributed by atoms with van der Waals surface area (Å²) in [6, 6.07) is 19.7. The van der Waals surface area contributed by atoms with Crippen LogP contribution in [0.2, 0.25) is 0 Å². The second kappa shape index (κ2) is 21.6. The number of hydrogen-bond acceptors (Lipinski definition) is 0. The summed E-state index contributed by atoms with van der Waals surface area (Å²) in [6.45, 7) is 7.44. The first-order valence-corrected chi connectivity index (χ1v) is 15.2. The first kappa shape index (κ1) is 51.3. The van der Waals surface area contributed by atoms with Gasteiger partial charge in [0.2, 0.25) is 0 Å². The van der Waals surface area contributed by atoms with Gasteiger partial charge in [0, 0.05) is 0 Å². The minimum atomic E-state index is -2.59. The fourth-order valence-corrected chi connectivity index (χ4v) is 3.95. The van der Waals surface area contributed by atoms with Crippen molar-refractivity contribution in [3.8, 4) is 0 Å². The summed E-state index contributed by atoms with van der Waals surface area (Å²) in [5.74, 6) is -51.3. The van der Waals surface area contributed by atoms with Gasteiger partial charge in [-0.2, -0.15) is 49.2 Å². The molecule has 0 bridgehead atoms. The van der Waals surface area contributed by atoms with Gasteiger partial charge < -0.3 is 10.6 Å². The zero-order valence-corrected chi connectivity index (χ0v) is 31.6. The van der Waals surface area contributed by atoms with Gasteiger partial charge >= 0.3 is 26.2 Å². The molecule has 0 fully saturated rings. The summed E-state index contributed by atoms with van der Waals surface area (Å²) in [5, 5.41) is 4.74. The van der Waals surface area contributed by atoms with E-state index in [2.05, 4.69) is 24.5 Å². The summed E-state index contributed by atoms with van der Waals surface area (Å²) in [6.07, 6.45) is 0. The number of rotatable bonds is 4. The van der Waals surface area contributed by atoms with E-state index >= 15 is 0 Å². The second-order valence-corrected chi connectivity index (χ2v) is 10.9. The van der Waals surface area contributed by atoms with Gasteiger partial charge in [-0.1, -0.05) is 34.9 Å². The van der Waals surface area contributed by atoms with Crippen LogP contribution in [0.5, 0.6) is 0 Å². The molecule has 0 radical (unpaired) electrons. The summed E-state index contributed by atoms with van der Waals surface area (Å²) < 4.78 is 261. The van der Waals surface area contributed by atoms with Crippen LogP contribution in [-0.2, 0) is 26.2 Å². The SMILES string of the molecule is Fc1c(F)c(F)c([N-]c2c(F)c(F)c(F)c(F)c2F)c(F)c1F.Fc1c(F)c(F)c([N-]c2c(F)c(F)c(F)c(F)c2F)c(F)c1F.[CH2-]c1ccccc1.[CH2-]c1ccccc1.[Zr+4]. The molecule has 0 spiro atoms. The van der Waals surface area contributed by atoms with Crippen LogP contribution >= 0.6 is 0 Å². The van der Waals surface area contributed by atoms with Crippen LogP contribution in [0.3, 0.4) is 0 Å². The molecule has 23 heteroatoms. The Morgan fingerprint density at radius 3 is 0.475 bits per heavy atom. The van der Waals surface area contributed by atoms with E-state index in [1.165, 1.54) is 0 Å². The van der Waals surface area contributed by atoms with E-state index in [1.54, 1.807) is 0 Å². The minimum absolute atomic E-state index is 0. The first-order valence-electron chi connectivity index (χ1n) is 15.2. The average Bonchev–Trinajstić information content (AvgIpc) is 3.24. The zero-order chi connectivity index (χ0) is 45.5. The smallest absolute Gasteiger partial charge is 0.648 e. The monoisotopic (exact) mass is 968 g/mol. The van der Waals surface area contributed by atoms with E-state index < -0.39 is 139 Å². The topological polar surface area (TPSA) is 28.2 Å². The summed E-state index contributed by atoms with van der Waals surface area (Å²) in [7, 11) is 0. The minimum Gasteiger partial charge on any atom is -0.648 e. The van der Waals surface area contributed by atoms with Gasteiger partial charge in [-0.05, 0) is 0 Å². The predicted octanol–water partition coefficient (Wildman–Crippen LogP) is 14.6. The van der Waals surface area contributed by atoms with Crippen molar-refractivity contribution in [3.05, 3.63) is 213 Å². The maximum atomic E-state index is 13.3. The van der Waals surface area contributed by atoms with Crippen LogP contribution in [0.15, 0.2) is 60.7 Å². The van der Waals surface area contributed by atoms with Crippen molar-refractivity contribution in [2.24, 2.45) is 0 Å². The van der Waals surface area contributed by atoms with Gasteiger partial charge in [0.05, 0.1) is 0 Å². The second-order valence-electron chi connectivity index (χ2n) is 10.9. The Bertz CT molecular complexity index is 2100. The van der Waals surface area contributed by atoms with E-state index in [9.17, 15) is 87.8 Å². The van der Waals surface area contributed by atoms with Crippen LogP contribution < -0.4 is 0 Å². The van der Waals surface area contributed by atoms with E-state index in [-0.39, 0.29) is 26.2 Å². The van der Waals surface area contributed by atoms with Gasteiger partial charge in [-0.25, -0.2) is 87.8 Å². The van der Waals surface area contributed by atoms with Gasteiger partial charge in [-0.15, -0.1) is 24.3 Å². The van der Waals surface area contributed by atoms with E-state index in [4.69, 9.17) is 0 Å². The van der Waals surface area contributed by atoms with Crippen LogP contribution in [0.25, 0.3) is 10.6 Å². The van der Waals surface area contributed by atoms with Gasteiger partial charge in [0.25, 0.3) is 0 Å². The molecular formula is C38H14F20N2Zr. The number of halogens is 20. The van der Waals surface area contributed by atoms with Crippen molar-refractivity contribution < 1.29 is 114 Å². The standard InChI is InChI=1S/2C12F10N.2C7H7.Zr/c2*13-1-3(15)7(19)11(8(20)4(1)16)23-12-9(21)5(17)2(14)6(18)10(12)22;2*1-7-5-3-2-4-6-7;/h;;2*2-6H,1H2;/q4*-1;+4. The molecule has 0 aliphatic heterocycles. The van der Waals surface area contributed by atoms with Gasteiger partial charge in [0.1, 0.15) is 46.5 Å². The van der Waals surface area contributed by atoms with E-state index in [1.807, 2.05) is 60.7 Å². The fourth-order valence-electron chi connectivity index (χ4n) is 3.95. The Morgan fingerprint density at radius 1 is 0.230 bits per heavy atom. The molecule has 0 aliphatic rings. The summed E-state index contributed by atoms with van der Waals surface area (Å²) >= 11 is 0. The molecule has 0 saturated carbocycles. The van der Waals surface area contributed by atoms with E-state index in [0.717, 1.165) is 11.1 Å². The van der Waals surface area contributed by atoms with Crippen molar-refractivity contribution >= 4 is 22.7 Å². The third kappa shape index (κ3) is 11.3. The molecule has 320 valence electrons. The normalized spacial score (nSPS) is 10.3. The fraction of sp³-hybridized carbons (Fsp3) is 0. The molecule has 0 N–H and O–H groups in total. The third-order valence-electron chi connectivity index (χ3n) is 6.88. The van der Waals surface area contributed by atoms with Crippen LogP contribution in [0.4, 0.5) is 111 Å². The van der Waals surface area contributed by atoms with Crippen molar-refractivity contribution in [3.63, 3.8) is 0 Å². The Morgan fingerprint density at radius 2 is 0.361 bits per heavy atom. The van der Waals surface area contributed by atoms with Crippen molar-refractivity contribution in [2.45, 2.75) is 0 Å². The molecule has 2 nitrogen and oxygen atoms in total. The summed E-state index contributed by atoms with van der Waals surface area (Å²) in [5.41, 5.74) is -6.28. The molecule has 6 rings (SSSR count). The zero-order valence-electron chi connectivity index (χ0n) is 29.1. The van der Waals surface area contributed by atoms with Crippen LogP contribution in [-0.4, -0.2) is 0 Å². The molecule has 0 unspecified atom stereocenters. The van der Waals surface area contributed by atoms with Crippen molar-refractivity contribution in [1.82, 2.24) is 0 Å². The molecule has 0 aromatic heterocycles. The predicted molar refractivity (Wildman–Crippen MR) is 172 cm³/mol. The molecule has 0 saturated heterocycles. The Hall–Kier alpha value is -5.86. The number of hydrogen-bond donors (Lipinski definition) is 0. The largest absolute Gasteiger partial charge is 4.00 e. The maximum Gasteiger partial charge on any atom is 4.00 e. The first-order chi connectivity index (χ1) is 28.0. The molecule has 6 aromatic rings. The van der Waals surface area contributed by atoms with Gasteiger partial charge in [-0.3, -0.25) is 0 Å². The van der Waals surface area contributed by atoms with Gasteiger partial charge in [0.15, 0.2) is 69.8 Å². The Kier molecular flexibility index (Phi) is 18.2. The molecule has 0 heterocycles. The van der Waals surface area contributed by atoms with Crippen LogP contribution in [0, 0.1) is 130 Å². The summed E-state index contributed by atoms with van der Waals surface area (Å²) in [4.78, 5) is 0. The number of nitrogens with zero attached hydrogens (tertiary/aromatic N) is 2. The van der Waals surface area contributed by atoms with Crippen LogP contribution in [0.1, 0.15) is 11.1 Å². The molecular weight excluding hydrogens is 956 g/mol. The van der Waals surface area contributed by atoms with E-state index in [0.29, 0.717) is 0 Å². The number of benzene rings is 6. The van der Waals surface area contributed by atoms with Crippen molar-refractivity contribution in [2.75, 3.05) is 0 Å². The Balaban J connectivity index is 0.000000315. The molecule has 61 heavy (non-hydrogen) atoms. The quantitative estimate of drug-likeness (QED) is 0.0729. The molecule has 0 atom stereocenters. The average molecular weight is 970 g/mol. The van der Waals surface area contributed by atoms with Crippen molar-refractivity contribution in [1.29, 1.82) is 0 Å². The molecule has 6 aromatic carbocycles. The Labute approximate surface area is 348 Å². The molecule has 0 aliphatic carbocycles. The third-order valence-corrected chi connectivity index (χ3v) is 6.88. The molecule has 0 amide bonds.